The summed E-state index contributed by atoms with van der Waals surface area (Å²) in [6, 6.07) is 0. The van der Waals surface area contributed by atoms with Crippen LogP contribution in [0.3, 0.4) is 0 Å². The number of thiol groups is 1. The van der Waals surface area contributed by atoms with Crippen molar-refractivity contribution in [2.45, 2.75) is 39.7 Å². The molecule has 7 heteroatoms. The van der Waals surface area contributed by atoms with Gasteiger partial charge in [-0.15, -0.1) is 5.10 Å². The van der Waals surface area contributed by atoms with Crippen LogP contribution in [0.25, 0.3) is 0 Å². The Morgan fingerprint density at radius 3 is 2.81 bits per heavy atom. The summed E-state index contributed by atoms with van der Waals surface area (Å²) in [7, 11) is 0. The van der Waals surface area contributed by atoms with Gasteiger partial charge in [0.15, 0.2) is 0 Å². The van der Waals surface area contributed by atoms with Crippen molar-refractivity contribution in [1.82, 2.24) is 15.0 Å². The van der Waals surface area contributed by atoms with Crippen molar-refractivity contribution in [3.05, 3.63) is 11.9 Å². The molecule has 0 radical (unpaired) electrons. The molecule has 1 aromatic heterocycles. The molecule has 0 saturated heterocycles. The van der Waals surface area contributed by atoms with E-state index in [1.54, 1.807) is 11.6 Å². The fraction of sp³-hybridized carbons (Fsp3) is 0.714. The van der Waals surface area contributed by atoms with Crippen LogP contribution in [0.15, 0.2) is 6.20 Å². The predicted octanol–water partition coefficient (Wildman–Crippen LogP) is 1.34. The average molecular weight is 313 g/mol. The molecule has 0 fully saturated rings. The first-order valence-corrected chi connectivity index (χ1v) is 7.76. The van der Waals surface area contributed by atoms with Crippen molar-refractivity contribution in [3.8, 4) is 0 Å². The van der Waals surface area contributed by atoms with E-state index in [1.807, 2.05) is 13.1 Å². The fourth-order valence-corrected chi connectivity index (χ4v) is 1.85. The van der Waals surface area contributed by atoms with Crippen molar-refractivity contribution < 1.29 is 14.3 Å². The van der Waals surface area contributed by atoms with Crippen LogP contribution >= 0.6 is 12.6 Å². The number of hydrogen-bond donors (Lipinski definition) is 1. The average Bonchev–Trinajstić information content (AvgIpc) is 2.91. The van der Waals surface area contributed by atoms with E-state index in [-0.39, 0.29) is 17.5 Å². The largest absolute Gasteiger partial charge is 0.379 e. The van der Waals surface area contributed by atoms with Crippen molar-refractivity contribution in [1.29, 1.82) is 0 Å². The zero-order valence-corrected chi connectivity index (χ0v) is 13.5. The van der Waals surface area contributed by atoms with E-state index in [1.165, 1.54) is 0 Å². The number of Topliss-reactive ketones (excluding diaryl/α,β-unsaturated/α-hetero) is 2. The summed E-state index contributed by atoms with van der Waals surface area (Å²) in [6.45, 7) is 4.92. The Hall–Kier alpha value is -1.21. The van der Waals surface area contributed by atoms with Crippen molar-refractivity contribution in [3.63, 3.8) is 0 Å². The number of aromatic nitrogens is 3. The van der Waals surface area contributed by atoms with Gasteiger partial charge in [-0.1, -0.05) is 12.1 Å². The summed E-state index contributed by atoms with van der Waals surface area (Å²) in [5, 5.41) is 7.96. The number of hydrogen-bond acceptors (Lipinski definition) is 6. The van der Waals surface area contributed by atoms with Crippen molar-refractivity contribution >= 4 is 24.2 Å². The van der Waals surface area contributed by atoms with E-state index in [0.717, 1.165) is 5.69 Å². The molecule has 21 heavy (non-hydrogen) atoms. The Kier molecular flexibility index (Phi) is 8.22. The van der Waals surface area contributed by atoms with Crippen LogP contribution in [0.4, 0.5) is 0 Å². The van der Waals surface area contributed by atoms with Gasteiger partial charge in [0.2, 0.25) is 0 Å². The van der Waals surface area contributed by atoms with E-state index in [2.05, 4.69) is 22.9 Å². The monoisotopic (exact) mass is 313 g/mol. The van der Waals surface area contributed by atoms with Gasteiger partial charge in [0, 0.05) is 25.0 Å². The van der Waals surface area contributed by atoms with Gasteiger partial charge >= 0.3 is 0 Å². The molecule has 0 spiro atoms. The highest BCUT2D eigenvalue weighted by atomic mass is 32.1. The minimum Gasteiger partial charge on any atom is -0.379 e. The molecule has 0 aromatic carbocycles. The van der Waals surface area contributed by atoms with E-state index in [4.69, 9.17) is 4.74 Å². The molecule has 6 nitrogen and oxygen atoms in total. The second kappa shape index (κ2) is 9.68. The summed E-state index contributed by atoms with van der Waals surface area (Å²) in [6.07, 6.45) is 3.34. The second-order valence-corrected chi connectivity index (χ2v) is 5.45. The normalized spacial score (nSPS) is 12.3. The molecule has 1 atom stereocenters. The van der Waals surface area contributed by atoms with Gasteiger partial charge in [-0.2, -0.15) is 12.6 Å². The molecular weight excluding hydrogens is 290 g/mol. The minimum absolute atomic E-state index is 0.0175. The Labute approximate surface area is 130 Å². The quantitative estimate of drug-likeness (QED) is 0.493. The molecule has 0 bridgehead atoms. The highest BCUT2D eigenvalue weighted by Crippen LogP contribution is 2.03. The SMILES string of the molecule is CC(=O)CCc1cn(CCOCCC(=O)C(C)CS)nn1. The second-order valence-electron chi connectivity index (χ2n) is 5.09. The Morgan fingerprint density at radius 2 is 2.14 bits per heavy atom. The lowest BCUT2D eigenvalue weighted by molar-refractivity contribution is -0.122. The van der Waals surface area contributed by atoms with Gasteiger partial charge < -0.3 is 9.53 Å². The maximum absolute atomic E-state index is 11.6. The lowest BCUT2D eigenvalue weighted by Crippen LogP contribution is -2.16. The number of ether oxygens (including phenoxy) is 1. The summed E-state index contributed by atoms with van der Waals surface area (Å²) in [5.74, 6) is 0.877. The molecule has 1 unspecified atom stereocenters. The number of carbonyl (C=O) groups excluding carboxylic acids is 2. The summed E-state index contributed by atoms with van der Waals surface area (Å²) < 4.78 is 7.11. The molecule has 1 heterocycles. The first-order chi connectivity index (χ1) is 10.0. The molecule has 1 rings (SSSR count). The third kappa shape index (κ3) is 7.38. The number of nitrogens with zero attached hydrogens (tertiary/aromatic N) is 3. The third-order valence-electron chi connectivity index (χ3n) is 3.10. The maximum atomic E-state index is 11.6. The Morgan fingerprint density at radius 1 is 1.38 bits per heavy atom. The zero-order chi connectivity index (χ0) is 15.7. The van der Waals surface area contributed by atoms with Gasteiger partial charge in [0.1, 0.15) is 11.6 Å². The van der Waals surface area contributed by atoms with Gasteiger partial charge in [-0.05, 0) is 19.1 Å². The van der Waals surface area contributed by atoms with Crippen LogP contribution < -0.4 is 0 Å². The summed E-state index contributed by atoms with van der Waals surface area (Å²) >= 11 is 4.10. The first kappa shape index (κ1) is 17.8. The molecule has 0 amide bonds. The smallest absolute Gasteiger partial charge is 0.138 e. The molecule has 0 aliphatic heterocycles. The maximum Gasteiger partial charge on any atom is 0.138 e. The Balaban J connectivity index is 2.15. The topological polar surface area (TPSA) is 74.1 Å². The number of carbonyl (C=O) groups is 2. The minimum atomic E-state index is -0.0175. The molecule has 1 aromatic rings. The number of rotatable bonds is 11. The van der Waals surface area contributed by atoms with Crippen LogP contribution in [-0.4, -0.2) is 45.5 Å². The standard InChI is InChI=1S/C14H23N3O3S/c1-11(10-21)14(19)5-7-20-8-6-17-9-13(15-16-17)4-3-12(2)18/h9,11,21H,3-8,10H2,1-2H3. The zero-order valence-electron chi connectivity index (χ0n) is 12.6. The van der Waals surface area contributed by atoms with Crippen LogP contribution in [0.1, 0.15) is 32.4 Å². The van der Waals surface area contributed by atoms with Crippen LogP contribution in [0, 0.1) is 5.92 Å². The van der Waals surface area contributed by atoms with Gasteiger partial charge in [-0.25, -0.2) is 4.68 Å². The lowest BCUT2D eigenvalue weighted by atomic mass is 10.1. The van der Waals surface area contributed by atoms with Gasteiger partial charge in [-0.3, -0.25) is 4.79 Å². The first-order valence-electron chi connectivity index (χ1n) is 7.12. The van der Waals surface area contributed by atoms with Gasteiger partial charge in [0.25, 0.3) is 0 Å². The number of ketones is 2. The molecule has 118 valence electrons. The van der Waals surface area contributed by atoms with Crippen molar-refractivity contribution in [2.75, 3.05) is 19.0 Å². The molecular formula is C14H23N3O3S. The highest BCUT2D eigenvalue weighted by molar-refractivity contribution is 7.80. The molecule has 0 saturated carbocycles. The summed E-state index contributed by atoms with van der Waals surface area (Å²) in [5.41, 5.74) is 0.808. The van der Waals surface area contributed by atoms with Crippen LogP contribution in [0.5, 0.6) is 0 Å². The number of aryl methyl sites for hydroxylation is 1. The Bertz CT molecular complexity index is 462. The molecule has 0 aliphatic rings. The van der Waals surface area contributed by atoms with Crippen LogP contribution in [-0.2, 0) is 27.3 Å². The van der Waals surface area contributed by atoms with E-state index >= 15 is 0 Å². The summed E-state index contributed by atoms with van der Waals surface area (Å²) in [4.78, 5) is 22.4. The molecule has 0 aliphatic carbocycles. The van der Waals surface area contributed by atoms with E-state index in [0.29, 0.717) is 44.8 Å². The fourth-order valence-electron chi connectivity index (χ4n) is 1.65. The predicted molar refractivity (Wildman–Crippen MR) is 82.5 cm³/mol. The van der Waals surface area contributed by atoms with Crippen molar-refractivity contribution in [2.24, 2.45) is 5.92 Å². The van der Waals surface area contributed by atoms with E-state index < -0.39 is 0 Å². The third-order valence-corrected chi connectivity index (χ3v) is 3.65. The van der Waals surface area contributed by atoms with Gasteiger partial charge in [0.05, 0.1) is 25.5 Å². The van der Waals surface area contributed by atoms with E-state index in [9.17, 15) is 9.59 Å². The lowest BCUT2D eigenvalue weighted by Gasteiger charge is -2.07. The van der Waals surface area contributed by atoms with Crippen LogP contribution in [0.2, 0.25) is 0 Å². The molecule has 0 N–H and O–H groups in total. The highest BCUT2D eigenvalue weighted by Gasteiger charge is 2.10.